The van der Waals surface area contributed by atoms with Crippen molar-refractivity contribution in [3.8, 4) is 28.2 Å². The van der Waals surface area contributed by atoms with Crippen LogP contribution in [0.2, 0.25) is 10.0 Å². The fraction of sp³-hybridized carbons (Fsp3) is 0.200. The van der Waals surface area contributed by atoms with Gasteiger partial charge in [0.25, 0.3) is 5.91 Å². The van der Waals surface area contributed by atoms with Gasteiger partial charge in [-0.3, -0.25) is 9.59 Å². The third kappa shape index (κ3) is 3.72. The molecule has 32 heavy (non-hydrogen) atoms. The molecule has 0 spiro atoms. The summed E-state index contributed by atoms with van der Waals surface area (Å²) in [7, 11) is 0. The molecule has 5 nitrogen and oxygen atoms in total. The Bertz CT molecular complexity index is 1370. The fourth-order valence-corrected chi connectivity index (χ4v) is 4.67. The van der Waals surface area contributed by atoms with Crippen molar-refractivity contribution in [3.05, 3.63) is 74.4 Å². The Kier molecular flexibility index (Phi) is 5.31. The summed E-state index contributed by atoms with van der Waals surface area (Å²) in [5.41, 5.74) is 2.76. The maximum Gasteiger partial charge on any atom is 0.251 e. The first-order chi connectivity index (χ1) is 15.4. The van der Waals surface area contributed by atoms with Gasteiger partial charge in [-0.05, 0) is 42.7 Å². The number of benzene rings is 3. The van der Waals surface area contributed by atoms with E-state index in [-0.39, 0.29) is 33.2 Å². The fourth-order valence-electron chi connectivity index (χ4n) is 4.34. The molecule has 1 fully saturated rings. The zero-order valence-electron chi connectivity index (χ0n) is 17.0. The molecule has 2 N–H and O–H groups in total. The lowest BCUT2D eigenvalue weighted by atomic mass is 9.93. The number of hydrogen-bond acceptors (Lipinski definition) is 4. The van der Waals surface area contributed by atoms with Gasteiger partial charge in [-0.2, -0.15) is 0 Å². The maximum absolute atomic E-state index is 12.6. The van der Waals surface area contributed by atoms with Crippen LogP contribution in [0, 0.1) is 0 Å². The van der Waals surface area contributed by atoms with Gasteiger partial charge in [-0.15, -0.1) is 0 Å². The normalized spacial score (nSPS) is 14.3. The minimum Gasteiger partial charge on any atom is -0.506 e. The van der Waals surface area contributed by atoms with Gasteiger partial charge in [0.1, 0.15) is 17.1 Å². The molecule has 0 bridgehead atoms. The van der Waals surface area contributed by atoms with Gasteiger partial charge in [0.05, 0.1) is 10.0 Å². The quantitative estimate of drug-likeness (QED) is 0.349. The maximum atomic E-state index is 12.6. The molecule has 1 amide bonds. The lowest BCUT2D eigenvalue weighted by Gasteiger charge is -2.16. The summed E-state index contributed by atoms with van der Waals surface area (Å²) in [6.45, 7) is 0. The number of amides is 1. The van der Waals surface area contributed by atoms with E-state index in [1.54, 1.807) is 24.3 Å². The van der Waals surface area contributed by atoms with Crippen molar-refractivity contribution in [2.24, 2.45) is 0 Å². The van der Waals surface area contributed by atoms with Crippen LogP contribution in [-0.4, -0.2) is 17.1 Å². The first kappa shape index (κ1) is 20.9. The van der Waals surface area contributed by atoms with Gasteiger partial charge in [0, 0.05) is 40.3 Å². The van der Waals surface area contributed by atoms with Crippen LogP contribution in [0.3, 0.4) is 0 Å². The Morgan fingerprint density at radius 3 is 2.44 bits per heavy atom. The molecule has 2 aromatic carbocycles. The first-order valence-corrected chi connectivity index (χ1v) is 11.2. The van der Waals surface area contributed by atoms with E-state index in [0.29, 0.717) is 27.9 Å². The van der Waals surface area contributed by atoms with Crippen molar-refractivity contribution in [3.63, 3.8) is 0 Å². The number of fused-ring (bicyclic) bond motifs is 2. The Morgan fingerprint density at radius 2 is 1.72 bits per heavy atom. The van der Waals surface area contributed by atoms with E-state index in [4.69, 9.17) is 27.6 Å². The zero-order valence-corrected chi connectivity index (χ0v) is 18.5. The molecule has 0 aromatic heterocycles. The van der Waals surface area contributed by atoms with Crippen LogP contribution >= 0.6 is 23.2 Å². The Balaban J connectivity index is 1.65. The number of nitrogens with one attached hydrogen (secondary N) is 1. The minimum atomic E-state index is -0.356. The molecule has 7 heteroatoms. The van der Waals surface area contributed by atoms with Crippen LogP contribution in [0.1, 0.15) is 36.0 Å². The molecule has 0 saturated heterocycles. The highest BCUT2D eigenvalue weighted by Crippen LogP contribution is 2.43. The van der Waals surface area contributed by atoms with Crippen molar-refractivity contribution in [2.75, 3.05) is 0 Å². The summed E-state index contributed by atoms with van der Waals surface area (Å²) in [6.07, 6.45) is 4.33. The molecule has 1 aliphatic heterocycles. The highest BCUT2D eigenvalue weighted by Gasteiger charge is 2.21. The number of rotatable bonds is 3. The molecule has 3 aliphatic rings. The van der Waals surface area contributed by atoms with E-state index in [9.17, 15) is 14.7 Å². The molecule has 2 aliphatic carbocycles. The van der Waals surface area contributed by atoms with Crippen molar-refractivity contribution in [2.45, 2.75) is 31.7 Å². The van der Waals surface area contributed by atoms with Crippen LogP contribution in [-0.2, 0) is 0 Å². The molecule has 5 rings (SSSR count). The van der Waals surface area contributed by atoms with Crippen LogP contribution in [0.5, 0.6) is 5.75 Å². The van der Waals surface area contributed by atoms with Crippen molar-refractivity contribution in [1.29, 1.82) is 0 Å². The first-order valence-electron chi connectivity index (χ1n) is 10.4. The average molecular weight is 468 g/mol. The molecule has 1 heterocycles. The second-order valence-corrected chi connectivity index (χ2v) is 8.90. The summed E-state index contributed by atoms with van der Waals surface area (Å²) >= 11 is 12.3. The summed E-state index contributed by atoms with van der Waals surface area (Å²) in [5, 5.41) is 14.0. The highest BCUT2D eigenvalue weighted by molar-refractivity contribution is 6.33. The number of phenols is 1. The number of hydrogen-bond donors (Lipinski definition) is 2. The number of halogens is 2. The second kappa shape index (κ2) is 8.15. The van der Waals surface area contributed by atoms with Crippen LogP contribution in [0.25, 0.3) is 33.4 Å². The SMILES string of the molecule is O=C(NC1CCCC1)c1ccc(-c2c3cc(Cl)c(=O)cc-3oc3cc(O)c(Cl)cc23)cc1. The highest BCUT2D eigenvalue weighted by atomic mass is 35.5. The summed E-state index contributed by atoms with van der Waals surface area (Å²) in [5.74, 6) is 0.128. The topological polar surface area (TPSA) is 79.5 Å². The largest absolute Gasteiger partial charge is 0.506 e. The zero-order chi connectivity index (χ0) is 22.4. The third-order valence-corrected chi connectivity index (χ3v) is 6.57. The van der Waals surface area contributed by atoms with Crippen molar-refractivity contribution < 1.29 is 14.3 Å². The molecular formula is C25H19Cl2NO4. The molecule has 0 atom stereocenters. The average Bonchev–Trinajstić information content (AvgIpc) is 3.28. The summed E-state index contributed by atoms with van der Waals surface area (Å²) in [6, 6.07) is 13.4. The van der Waals surface area contributed by atoms with Crippen LogP contribution in [0.4, 0.5) is 0 Å². The van der Waals surface area contributed by atoms with E-state index in [0.717, 1.165) is 36.8 Å². The number of aromatic hydroxyl groups is 1. The second-order valence-electron chi connectivity index (χ2n) is 8.09. The predicted octanol–water partition coefficient (Wildman–Crippen LogP) is 6.25. The van der Waals surface area contributed by atoms with Crippen LogP contribution < -0.4 is 10.7 Å². The molecule has 162 valence electrons. The summed E-state index contributed by atoms with van der Waals surface area (Å²) in [4.78, 5) is 24.7. The molecular weight excluding hydrogens is 449 g/mol. The van der Waals surface area contributed by atoms with Gasteiger partial charge in [-0.25, -0.2) is 0 Å². The van der Waals surface area contributed by atoms with E-state index < -0.39 is 0 Å². The van der Waals surface area contributed by atoms with Gasteiger partial charge in [-0.1, -0.05) is 48.2 Å². The number of phenolic OH excluding ortho intramolecular Hbond substituents is 1. The monoisotopic (exact) mass is 467 g/mol. The molecule has 0 unspecified atom stereocenters. The van der Waals surface area contributed by atoms with Gasteiger partial charge >= 0.3 is 0 Å². The number of carbonyl (C=O) groups excluding carboxylic acids is 1. The standard InChI is InChI=1S/C25H19Cl2NO4/c26-18-9-16-22(11-20(18)29)32-23-12-21(30)19(27)10-17(23)24(16)13-5-7-14(8-6-13)25(31)28-15-3-1-2-4-15/h5-12,15,29H,1-4H2,(H,28,31). The van der Waals surface area contributed by atoms with Gasteiger partial charge < -0.3 is 14.8 Å². The van der Waals surface area contributed by atoms with Gasteiger partial charge in [0.15, 0.2) is 0 Å². The van der Waals surface area contributed by atoms with E-state index in [1.165, 1.54) is 12.1 Å². The Hall–Kier alpha value is -3.02. The molecule has 1 saturated carbocycles. The third-order valence-electron chi connectivity index (χ3n) is 5.97. The van der Waals surface area contributed by atoms with E-state index in [1.807, 2.05) is 12.1 Å². The minimum absolute atomic E-state index is 0.0748. The van der Waals surface area contributed by atoms with Crippen LogP contribution in [0.15, 0.2) is 57.7 Å². The Morgan fingerprint density at radius 1 is 1.00 bits per heavy atom. The van der Waals surface area contributed by atoms with E-state index >= 15 is 0 Å². The lowest BCUT2D eigenvalue weighted by Crippen LogP contribution is -2.32. The van der Waals surface area contributed by atoms with Crippen molar-refractivity contribution in [1.82, 2.24) is 5.32 Å². The van der Waals surface area contributed by atoms with E-state index in [2.05, 4.69) is 5.32 Å². The smallest absolute Gasteiger partial charge is 0.251 e. The molecule has 2 aromatic rings. The predicted molar refractivity (Wildman–Crippen MR) is 126 cm³/mol. The van der Waals surface area contributed by atoms with Gasteiger partial charge in [0.2, 0.25) is 5.43 Å². The lowest BCUT2D eigenvalue weighted by molar-refractivity contribution is 0.0938. The Labute approximate surface area is 193 Å². The summed E-state index contributed by atoms with van der Waals surface area (Å²) < 4.78 is 5.87. The number of carbonyl (C=O) groups is 1. The van der Waals surface area contributed by atoms with Crippen molar-refractivity contribution >= 4 is 40.1 Å². The molecule has 0 radical (unpaired) electrons.